The molecule has 1 amide bonds. The van der Waals surface area contributed by atoms with E-state index in [0.29, 0.717) is 18.0 Å². The van der Waals surface area contributed by atoms with E-state index >= 15 is 0 Å². The molecule has 0 fully saturated rings. The molecule has 0 aliphatic carbocycles. The van der Waals surface area contributed by atoms with Crippen LogP contribution in [0.3, 0.4) is 0 Å². The molecular weight excluding hydrogens is 302 g/mol. The highest BCUT2D eigenvalue weighted by atomic mass is 16.6. The van der Waals surface area contributed by atoms with Gasteiger partial charge in [0, 0.05) is 30.4 Å². The predicted octanol–water partition coefficient (Wildman–Crippen LogP) is 3.35. The lowest BCUT2D eigenvalue weighted by molar-refractivity contribution is 0.215. The number of benzene rings is 2. The monoisotopic (exact) mass is 325 g/mol. The molecule has 1 heterocycles. The number of nitrogens with one attached hydrogen (secondary N) is 1. The van der Waals surface area contributed by atoms with Crippen LogP contribution in [-0.2, 0) is 5.41 Å². The molecule has 0 saturated carbocycles. The van der Waals surface area contributed by atoms with Gasteiger partial charge in [-0.3, -0.25) is 5.32 Å². The number of fused-ring (bicyclic) bond motifs is 1. The first-order valence-electron chi connectivity index (χ1n) is 8.11. The van der Waals surface area contributed by atoms with E-state index < -0.39 is 6.09 Å². The van der Waals surface area contributed by atoms with Crippen LogP contribution in [-0.4, -0.2) is 26.2 Å². The van der Waals surface area contributed by atoms with Crippen LogP contribution >= 0.6 is 0 Å². The number of para-hydroxylation sites is 1. The fraction of sp³-hybridized carbons (Fsp3) is 0.316. The quantitative estimate of drug-likeness (QED) is 0.904. The van der Waals surface area contributed by atoms with Gasteiger partial charge in [-0.1, -0.05) is 25.1 Å². The first-order chi connectivity index (χ1) is 11.5. The van der Waals surface area contributed by atoms with Crippen molar-refractivity contribution >= 4 is 17.5 Å². The first-order valence-corrected chi connectivity index (χ1v) is 8.11. The van der Waals surface area contributed by atoms with Crippen molar-refractivity contribution in [2.75, 3.05) is 30.4 Å². The van der Waals surface area contributed by atoms with Gasteiger partial charge in [0.1, 0.15) is 5.75 Å². The molecule has 1 aliphatic rings. The maximum atomic E-state index is 12.1. The predicted molar refractivity (Wildman–Crippen MR) is 96.8 cm³/mol. The number of anilines is 2. The number of carbonyl (C=O) groups excluding carboxylic acids is 1. The lowest BCUT2D eigenvalue weighted by Crippen LogP contribution is -2.31. The van der Waals surface area contributed by atoms with E-state index in [1.807, 2.05) is 48.5 Å². The Labute approximate surface area is 142 Å². The van der Waals surface area contributed by atoms with Gasteiger partial charge in [-0.15, -0.1) is 0 Å². The Balaban J connectivity index is 1.77. The summed E-state index contributed by atoms with van der Waals surface area (Å²) in [6, 6.07) is 15.0. The second-order valence-electron chi connectivity index (χ2n) is 6.51. The average Bonchev–Trinajstić information content (AvgIpc) is 2.79. The van der Waals surface area contributed by atoms with E-state index in [1.165, 1.54) is 11.3 Å². The SMILES string of the molecule is CN1C[C@](C)(CCN)c2cc(OC(=O)Nc3ccccc3)ccc21. The standard InChI is InChI=1S/C19H23N3O2/c1-19(10-11-20)13-22(2)17-9-8-15(12-16(17)19)24-18(23)21-14-6-4-3-5-7-14/h3-9,12H,10-11,13,20H2,1-2H3,(H,21,23)/t19-/m0/s1. The van der Waals surface area contributed by atoms with E-state index in [1.54, 1.807) is 0 Å². The molecule has 0 unspecified atom stereocenters. The summed E-state index contributed by atoms with van der Waals surface area (Å²) >= 11 is 0. The molecule has 0 saturated heterocycles. The zero-order chi connectivity index (χ0) is 17.2. The summed E-state index contributed by atoms with van der Waals surface area (Å²) in [5.41, 5.74) is 8.82. The topological polar surface area (TPSA) is 67.6 Å². The van der Waals surface area contributed by atoms with Gasteiger partial charge in [-0.05, 0) is 48.9 Å². The minimum absolute atomic E-state index is 0.0197. The van der Waals surface area contributed by atoms with Crippen LogP contribution in [0.15, 0.2) is 48.5 Å². The molecule has 24 heavy (non-hydrogen) atoms. The van der Waals surface area contributed by atoms with E-state index in [9.17, 15) is 4.79 Å². The number of likely N-dealkylation sites (N-methyl/N-ethyl adjacent to an activating group) is 1. The van der Waals surface area contributed by atoms with Gasteiger partial charge in [0.2, 0.25) is 0 Å². The van der Waals surface area contributed by atoms with Crippen LogP contribution in [0.25, 0.3) is 0 Å². The Bertz CT molecular complexity index is 733. The van der Waals surface area contributed by atoms with Crippen LogP contribution in [0.4, 0.5) is 16.2 Å². The lowest BCUT2D eigenvalue weighted by Gasteiger charge is -2.24. The molecule has 3 rings (SSSR count). The molecule has 0 bridgehead atoms. The maximum absolute atomic E-state index is 12.1. The van der Waals surface area contributed by atoms with Gasteiger partial charge in [-0.2, -0.15) is 0 Å². The molecule has 0 spiro atoms. The molecule has 126 valence electrons. The molecule has 5 heteroatoms. The summed E-state index contributed by atoms with van der Waals surface area (Å²) in [6.07, 6.45) is 0.400. The fourth-order valence-electron chi connectivity index (χ4n) is 3.39. The molecule has 2 aromatic rings. The molecule has 0 radical (unpaired) electrons. The Kier molecular flexibility index (Phi) is 4.44. The van der Waals surface area contributed by atoms with E-state index in [0.717, 1.165) is 13.0 Å². The number of carbonyl (C=O) groups is 1. The highest BCUT2D eigenvalue weighted by molar-refractivity contribution is 5.86. The minimum atomic E-state index is -0.493. The summed E-state index contributed by atoms with van der Waals surface area (Å²) in [5, 5.41) is 2.72. The van der Waals surface area contributed by atoms with Crippen molar-refractivity contribution in [1.82, 2.24) is 0 Å². The van der Waals surface area contributed by atoms with Crippen molar-refractivity contribution in [3.05, 3.63) is 54.1 Å². The first kappa shape index (κ1) is 16.3. The molecule has 0 aromatic heterocycles. The molecule has 5 nitrogen and oxygen atoms in total. The average molecular weight is 325 g/mol. The van der Waals surface area contributed by atoms with E-state index in [-0.39, 0.29) is 5.41 Å². The summed E-state index contributed by atoms with van der Waals surface area (Å²) in [7, 11) is 2.07. The van der Waals surface area contributed by atoms with Gasteiger partial charge >= 0.3 is 6.09 Å². The van der Waals surface area contributed by atoms with Gasteiger partial charge < -0.3 is 15.4 Å². The summed E-state index contributed by atoms with van der Waals surface area (Å²) in [6.45, 7) is 3.75. The fourth-order valence-corrected chi connectivity index (χ4v) is 3.39. The zero-order valence-corrected chi connectivity index (χ0v) is 14.1. The largest absolute Gasteiger partial charge is 0.417 e. The summed E-state index contributed by atoms with van der Waals surface area (Å²) < 4.78 is 5.45. The Morgan fingerprint density at radius 2 is 2.04 bits per heavy atom. The number of nitrogens with two attached hydrogens (primary N) is 1. The van der Waals surface area contributed by atoms with Crippen molar-refractivity contribution < 1.29 is 9.53 Å². The summed E-state index contributed by atoms with van der Waals surface area (Å²) in [5.74, 6) is 0.542. The minimum Gasteiger partial charge on any atom is -0.410 e. The van der Waals surface area contributed by atoms with Crippen molar-refractivity contribution in [2.24, 2.45) is 5.73 Å². The van der Waals surface area contributed by atoms with Gasteiger partial charge in [0.15, 0.2) is 0 Å². The van der Waals surface area contributed by atoms with Crippen LogP contribution in [0, 0.1) is 0 Å². The third-order valence-electron chi connectivity index (χ3n) is 4.54. The Hall–Kier alpha value is -2.53. The van der Waals surface area contributed by atoms with Gasteiger partial charge in [0.05, 0.1) is 0 Å². The van der Waals surface area contributed by atoms with Crippen molar-refractivity contribution in [1.29, 1.82) is 0 Å². The van der Waals surface area contributed by atoms with E-state index in [2.05, 4.69) is 24.2 Å². The third kappa shape index (κ3) is 3.21. The van der Waals surface area contributed by atoms with Crippen LogP contribution in [0.2, 0.25) is 0 Å². The smallest absolute Gasteiger partial charge is 0.410 e. The molecule has 1 aliphatic heterocycles. The molecule has 3 N–H and O–H groups in total. The van der Waals surface area contributed by atoms with Gasteiger partial charge in [0.25, 0.3) is 0 Å². The van der Waals surface area contributed by atoms with Gasteiger partial charge in [-0.25, -0.2) is 4.79 Å². The highest BCUT2D eigenvalue weighted by Gasteiger charge is 2.37. The third-order valence-corrected chi connectivity index (χ3v) is 4.54. The number of nitrogens with zero attached hydrogens (tertiary/aromatic N) is 1. The number of rotatable bonds is 4. The van der Waals surface area contributed by atoms with Crippen molar-refractivity contribution in [2.45, 2.75) is 18.8 Å². The highest BCUT2D eigenvalue weighted by Crippen LogP contribution is 2.43. The van der Waals surface area contributed by atoms with E-state index in [4.69, 9.17) is 10.5 Å². The Morgan fingerprint density at radius 1 is 1.29 bits per heavy atom. The van der Waals surface area contributed by atoms with Crippen molar-refractivity contribution in [3.8, 4) is 5.75 Å². The van der Waals surface area contributed by atoms with Crippen molar-refractivity contribution in [3.63, 3.8) is 0 Å². The van der Waals surface area contributed by atoms with Crippen LogP contribution in [0.1, 0.15) is 18.9 Å². The summed E-state index contributed by atoms with van der Waals surface area (Å²) in [4.78, 5) is 14.3. The number of ether oxygens (including phenoxy) is 1. The van der Waals surface area contributed by atoms with Crippen LogP contribution in [0.5, 0.6) is 5.75 Å². The molecular formula is C19H23N3O2. The number of amides is 1. The maximum Gasteiger partial charge on any atom is 0.417 e. The normalized spacial score (nSPS) is 19.0. The second-order valence-corrected chi connectivity index (χ2v) is 6.51. The Morgan fingerprint density at radius 3 is 2.75 bits per heavy atom. The van der Waals surface area contributed by atoms with Crippen LogP contribution < -0.4 is 20.7 Å². The number of hydrogen-bond acceptors (Lipinski definition) is 4. The molecule has 2 aromatic carbocycles. The number of hydrogen-bond donors (Lipinski definition) is 2. The zero-order valence-electron chi connectivity index (χ0n) is 14.1. The lowest BCUT2D eigenvalue weighted by atomic mass is 9.81. The second kappa shape index (κ2) is 6.53. The molecule has 1 atom stereocenters.